The van der Waals surface area contributed by atoms with Gasteiger partial charge in [0.2, 0.25) is 0 Å². The van der Waals surface area contributed by atoms with Gasteiger partial charge in [-0.2, -0.15) is 26.3 Å². The summed E-state index contributed by atoms with van der Waals surface area (Å²) in [7, 11) is 0. The zero-order valence-electron chi connectivity index (χ0n) is 12.0. The number of phenols is 2. The van der Waals surface area contributed by atoms with Crippen molar-refractivity contribution in [2.45, 2.75) is 12.4 Å². The molecule has 11 heteroatoms. The van der Waals surface area contributed by atoms with Gasteiger partial charge in [-0.15, -0.1) is 0 Å². The Hall–Kier alpha value is -2.98. The molecule has 0 spiro atoms. The Morgan fingerprint density at radius 1 is 0.680 bits per heavy atom. The lowest BCUT2D eigenvalue weighted by Gasteiger charge is -2.18. The molecule has 0 aliphatic heterocycles. The zero-order valence-corrected chi connectivity index (χ0v) is 12.0. The lowest BCUT2D eigenvalue weighted by molar-refractivity contribution is -0.139. The maximum atomic E-state index is 13.0. The molecule has 6 N–H and O–H groups in total. The molecular formula is C14H10F6N2O3. The van der Waals surface area contributed by atoms with Crippen molar-refractivity contribution < 1.29 is 41.3 Å². The quantitative estimate of drug-likeness (QED) is 0.363. The molecule has 2 aromatic rings. The van der Waals surface area contributed by atoms with Crippen LogP contribution < -0.4 is 16.2 Å². The number of alkyl halides is 6. The van der Waals surface area contributed by atoms with Crippen LogP contribution in [0.4, 0.5) is 37.7 Å². The van der Waals surface area contributed by atoms with E-state index in [0.29, 0.717) is 24.3 Å². The summed E-state index contributed by atoms with van der Waals surface area (Å²) in [6, 6.07) is 1.47. The van der Waals surface area contributed by atoms with Crippen LogP contribution in [-0.4, -0.2) is 10.2 Å². The van der Waals surface area contributed by atoms with E-state index in [1.165, 1.54) is 0 Å². The van der Waals surface area contributed by atoms with Gasteiger partial charge in [0.1, 0.15) is 34.1 Å². The van der Waals surface area contributed by atoms with Crippen LogP contribution in [0.2, 0.25) is 0 Å². The van der Waals surface area contributed by atoms with Gasteiger partial charge in [0.25, 0.3) is 0 Å². The molecule has 0 amide bonds. The van der Waals surface area contributed by atoms with Crippen molar-refractivity contribution in [3.05, 3.63) is 35.4 Å². The molecule has 0 atom stereocenters. The lowest BCUT2D eigenvalue weighted by Crippen LogP contribution is -2.11. The minimum Gasteiger partial charge on any atom is -0.506 e. The second kappa shape index (κ2) is 5.83. The number of nitrogen functional groups attached to an aromatic ring is 2. The molecule has 0 saturated carbocycles. The predicted octanol–water partition coefficient (Wildman–Crippen LogP) is 4.09. The molecule has 0 heterocycles. The van der Waals surface area contributed by atoms with Crippen LogP contribution in [0, 0.1) is 0 Å². The van der Waals surface area contributed by atoms with Crippen LogP contribution in [-0.2, 0) is 12.4 Å². The molecule has 2 aromatic carbocycles. The van der Waals surface area contributed by atoms with Crippen LogP contribution in [0.3, 0.4) is 0 Å². The average molecular weight is 368 g/mol. The van der Waals surface area contributed by atoms with Crippen molar-refractivity contribution in [1.82, 2.24) is 0 Å². The largest absolute Gasteiger partial charge is 0.506 e. The maximum Gasteiger partial charge on any atom is 0.420 e. The first kappa shape index (κ1) is 18.4. The number of nitrogens with two attached hydrogens (primary N) is 2. The summed E-state index contributed by atoms with van der Waals surface area (Å²) in [5.74, 6) is -3.91. The van der Waals surface area contributed by atoms with E-state index in [0.717, 1.165) is 0 Å². The Morgan fingerprint density at radius 2 is 1.00 bits per heavy atom. The van der Waals surface area contributed by atoms with Gasteiger partial charge in [0.15, 0.2) is 0 Å². The minimum atomic E-state index is -5.02. The van der Waals surface area contributed by atoms with Crippen molar-refractivity contribution in [3.8, 4) is 23.0 Å². The number of phenolic OH excluding ortho intramolecular Hbond substituents is 2. The van der Waals surface area contributed by atoms with E-state index in [1.54, 1.807) is 0 Å². The molecule has 0 unspecified atom stereocenters. The first-order chi connectivity index (χ1) is 11.3. The van der Waals surface area contributed by atoms with Crippen LogP contribution in [0.1, 0.15) is 11.1 Å². The molecule has 25 heavy (non-hydrogen) atoms. The number of benzene rings is 2. The summed E-state index contributed by atoms with van der Waals surface area (Å²) in [4.78, 5) is 0. The van der Waals surface area contributed by atoms with E-state index in [-0.39, 0.29) is 0 Å². The van der Waals surface area contributed by atoms with Crippen molar-refractivity contribution in [1.29, 1.82) is 0 Å². The first-order valence-corrected chi connectivity index (χ1v) is 6.38. The van der Waals surface area contributed by atoms with Crippen molar-refractivity contribution >= 4 is 11.4 Å². The molecule has 0 radical (unpaired) electrons. The lowest BCUT2D eigenvalue weighted by atomic mass is 10.1. The standard InChI is InChI=1S/C14H10F6N2O3/c15-13(16,17)5-1-7(21)9(23)3-11(5)25-12-4-10(24)8(22)2-6(12)14(18,19)20/h1-4,23-24H,21-22H2. The molecule has 0 aliphatic rings. The summed E-state index contributed by atoms with van der Waals surface area (Å²) < 4.78 is 82.9. The van der Waals surface area contributed by atoms with Crippen LogP contribution >= 0.6 is 0 Å². The highest BCUT2D eigenvalue weighted by Gasteiger charge is 2.38. The molecule has 0 aromatic heterocycles. The van der Waals surface area contributed by atoms with Crippen molar-refractivity contribution in [2.24, 2.45) is 0 Å². The smallest absolute Gasteiger partial charge is 0.420 e. The molecule has 5 nitrogen and oxygen atoms in total. The highest BCUT2D eigenvalue weighted by Crippen LogP contribution is 2.46. The summed E-state index contributed by atoms with van der Waals surface area (Å²) >= 11 is 0. The van der Waals surface area contributed by atoms with Crippen molar-refractivity contribution in [3.63, 3.8) is 0 Å². The Morgan fingerprint density at radius 3 is 1.28 bits per heavy atom. The van der Waals surface area contributed by atoms with E-state index in [2.05, 4.69) is 0 Å². The van der Waals surface area contributed by atoms with Crippen LogP contribution in [0.5, 0.6) is 23.0 Å². The monoisotopic (exact) mass is 368 g/mol. The van der Waals surface area contributed by atoms with E-state index < -0.39 is 57.9 Å². The zero-order chi connectivity index (χ0) is 19.2. The highest BCUT2D eigenvalue weighted by molar-refractivity contribution is 5.62. The molecule has 2 rings (SSSR count). The Balaban J connectivity index is 2.65. The van der Waals surface area contributed by atoms with Gasteiger partial charge in [0, 0.05) is 12.1 Å². The van der Waals surface area contributed by atoms with E-state index in [9.17, 15) is 36.6 Å². The molecular weight excluding hydrogens is 358 g/mol. The van der Waals surface area contributed by atoms with E-state index in [1.807, 2.05) is 0 Å². The fourth-order valence-electron chi connectivity index (χ4n) is 1.90. The molecule has 0 bridgehead atoms. The normalized spacial score (nSPS) is 12.2. The minimum absolute atomic E-state index is 0.315. The number of hydrogen-bond donors (Lipinski definition) is 4. The van der Waals surface area contributed by atoms with E-state index >= 15 is 0 Å². The molecule has 0 fully saturated rings. The Labute approximate surface area is 136 Å². The average Bonchev–Trinajstić information content (AvgIpc) is 2.43. The van der Waals surface area contributed by atoms with Gasteiger partial charge in [-0.05, 0) is 12.1 Å². The number of halogens is 6. The van der Waals surface area contributed by atoms with Crippen LogP contribution in [0.25, 0.3) is 0 Å². The number of ether oxygens (including phenoxy) is 1. The van der Waals surface area contributed by atoms with Gasteiger partial charge in [-0.1, -0.05) is 0 Å². The second-order valence-corrected chi connectivity index (χ2v) is 4.91. The Kier molecular flexibility index (Phi) is 4.28. The summed E-state index contributed by atoms with van der Waals surface area (Å²) in [6.45, 7) is 0. The Bertz CT molecular complexity index is 750. The summed E-state index contributed by atoms with van der Waals surface area (Å²) in [6.07, 6.45) is -10.0. The van der Waals surface area contributed by atoms with E-state index in [4.69, 9.17) is 16.2 Å². The third-order valence-electron chi connectivity index (χ3n) is 3.09. The maximum absolute atomic E-state index is 13.0. The predicted molar refractivity (Wildman–Crippen MR) is 75.1 cm³/mol. The number of aromatic hydroxyl groups is 2. The SMILES string of the molecule is Nc1cc(C(F)(F)F)c(Oc2cc(O)c(N)cc2C(F)(F)F)cc1O. The number of anilines is 2. The fraction of sp³-hybridized carbons (Fsp3) is 0.143. The molecule has 0 saturated heterocycles. The second-order valence-electron chi connectivity index (χ2n) is 4.91. The molecule has 136 valence electrons. The van der Waals surface area contributed by atoms with Gasteiger partial charge >= 0.3 is 12.4 Å². The summed E-state index contributed by atoms with van der Waals surface area (Å²) in [5, 5.41) is 18.9. The first-order valence-electron chi connectivity index (χ1n) is 6.38. The van der Waals surface area contributed by atoms with Gasteiger partial charge < -0.3 is 26.4 Å². The van der Waals surface area contributed by atoms with Crippen molar-refractivity contribution in [2.75, 3.05) is 11.5 Å². The third-order valence-corrected chi connectivity index (χ3v) is 3.09. The van der Waals surface area contributed by atoms with Gasteiger partial charge in [-0.3, -0.25) is 0 Å². The molecule has 0 aliphatic carbocycles. The number of hydrogen-bond acceptors (Lipinski definition) is 5. The third kappa shape index (κ3) is 3.75. The number of rotatable bonds is 2. The fourth-order valence-corrected chi connectivity index (χ4v) is 1.90. The van der Waals surface area contributed by atoms with Gasteiger partial charge in [0.05, 0.1) is 11.4 Å². The van der Waals surface area contributed by atoms with Crippen LogP contribution in [0.15, 0.2) is 24.3 Å². The topological polar surface area (TPSA) is 102 Å². The summed E-state index contributed by atoms with van der Waals surface area (Å²) in [5.41, 5.74) is 6.06. The van der Waals surface area contributed by atoms with Gasteiger partial charge in [-0.25, -0.2) is 0 Å². The highest BCUT2D eigenvalue weighted by atomic mass is 19.4.